The fourth-order valence-electron chi connectivity index (χ4n) is 3.24. The van der Waals surface area contributed by atoms with Crippen molar-refractivity contribution in [1.82, 2.24) is 14.9 Å². The van der Waals surface area contributed by atoms with Crippen LogP contribution in [-0.4, -0.2) is 41.8 Å². The van der Waals surface area contributed by atoms with Crippen LogP contribution in [-0.2, 0) is 16.6 Å². The molecule has 1 amide bonds. The zero-order chi connectivity index (χ0) is 24.7. The van der Waals surface area contributed by atoms with Gasteiger partial charge >= 0.3 is 5.97 Å². The molecule has 1 atom stereocenters. The summed E-state index contributed by atoms with van der Waals surface area (Å²) in [5.41, 5.74) is 1.00. The van der Waals surface area contributed by atoms with Crippen molar-refractivity contribution in [3.63, 3.8) is 0 Å². The molecule has 34 heavy (non-hydrogen) atoms. The number of amides is 1. The summed E-state index contributed by atoms with van der Waals surface area (Å²) >= 11 is 6.31. The molecule has 8 nitrogen and oxygen atoms in total. The molecule has 1 aromatic heterocycles. The molecule has 0 radical (unpaired) electrons. The van der Waals surface area contributed by atoms with Gasteiger partial charge in [-0.3, -0.25) is 4.79 Å². The SMILES string of the molecule is COc1cc(C(=O)OCC(=O)NC(c2ccccc2)c2nccn2C)cc(Cl)c1OCC(C)C. The Kier molecular flexibility index (Phi) is 8.54. The number of aryl methyl sites for hydroxylation is 1. The number of halogens is 1. The van der Waals surface area contributed by atoms with Crippen molar-refractivity contribution in [3.8, 4) is 11.5 Å². The predicted molar refractivity (Wildman–Crippen MR) is 128 cm³/mol. The summed E-state index contributed by atoms with van der Waals surface area (Å²) < 4.78 is 18.1. The summed E-state index contributed by atoms with van der Waals surface area (Å²) in [5, 5.41) is 3.10. The fraction of sp³-hybridized carbons (Fsp3) is 0.320. The van der Waals surface area contributed by atoms with Gasteiger partial charge in [0.15, 0.2) is 18.1 Å². The van der Waals surface area contributed by atoms with Crippen LogP contribution < -0.4 is 14.8 Å². The van der Waals surface area contributed by atoms with Crippen LogP contribution in [0.15, 0.2) is 54.9 Å². The van der Waals surface area contributed by atoms with Gasteiger partial charge in [0.05, 0.1) is 24.3 Å². The molecule has 0 aliphatic carbocycles. The maximum Gasteiger partial charge on any atom is 0.338 e. The molecule has 180 valence electrons. The standard InChI is InChI=1S/C25H28ClN3O5/c1-16(2)14-33-23-19(26)12-18(13-20(23)32-4)25(31)34-15-21(30)28-22(17-8-6-5-7-9-17)24-27-10-11-29(24)3/h5-13,16,22H,14-15H2,1-4H3,(H,28,30). The number of carbonyl (C=O) groups excluding carboxylic acids is 2. The highest BCUT2D eigenvalue weighted by Gasteiger charge is 2.22. The molecule has 0 bridgehead atoms. The first-order valence-electron chi connectivity index (χ1n) is 10.8. The van der Waals surface area contributed by atoms with Crippen LogP contribution in [0.25, 0.3) is 0 Å². The Morgan fingerprint density at radius 2 is 1.91 bits per heavy atom. The molecular formula is C25H28ClN3O5. The van der Waals surface area contributed by atoms with Crippen LogP contribution in [0.2, 0.25) is 5.02 Å². The molecule has 1 heterocycles. The van der Waals surface area contributed by atoms with E-state index in [9.17, 15) is 9.59 Å². The lowest BCUT2D eigenvalue weighted by Gasteiger charge is -2.19. The molecule has 0 saturated carbocycles. The smallest absolute Gasteiger partial charge is 0.338 e. The van der Waals surface area contributed by atoms with Gasteiger partial charge in [-0.15, -0.1) is 0 Å². The largest absolute Gasteiger partial charge is 0.493 e. The van der Waals surface area contributed by atoms with E-state index in [-0.39, 0.29) is 16.5 Å². The minimum absolute atomic E-state index is 0.148. The maximum absolute atomic E-state index is 12.7. The molecule has 1 unspecified atom stereocenters. The molecule has 2 aromatic carbocycles. The summed E-state index contributed by atoms with van der Waals surface area (Å²) in [4.78, 5) is 29.6. The first-order valence-corrected chi connectivity index (χ1v) is 11.2. The van der Waals surface area contributed by atoms with Gasteiger partial charge in [-0.1, -0.05) is 55.8 Å². The number of ether oxygens (including phenoxy) is 3. The average Bonchev–Trinajstić information content (AvgIpc) is 3.25. The van der Waals surface area contributed by atoms with Crippen molar-refractivity contribution >= 4 is 23.5 Å². The summed E-state index contributed by atoms with van der Waals surface area (Å²) in [7, 11) is 3.30. The van der Waals surface area contributed by atoms with Crippen LogP contribution in [0.5, 0.6) is 11.5 Å². The number of methoxy groups -OCH3 is 1. The second-order valence-corrected chi connectivity index (χ2v) is 8.49. The minimum atomic E-state index is -0.709. The number of aromatic nitrogens is 2. The van der Waals surface area contributed by atoms with Crippen LogP contribution in [0.3, 0.4) is 0 Å². The number of rotatable bonds is 10. The molecule has 3 rings (SSSR count). The first kappa shape index (κ1) is 25.1. The lowest BCUT2D eigenvalue weighted by molar-refractivity contribution is -0.124. The highest BCUT2D eigenvalue weighted by molar-refractivity contribution is 6.32. The fourth-order valence-corrected chi connectivity index (χ4v) is 3.51. The number of hydrogen-bond donors (Lipinski definition) is 1. The van der Waals surface area contributed by atoms with Gasteiger partial charge in [-0.2, -0.15) is 0 Å². The van der Waals surface area contributed by atoms with Crippen molar-refractivity contribution in [2.45, 2.75) is 19.9 Å². The van der Waals surface area contributed by atoms with E-state index in [1.54, 1.807) is 12.4 Å². The normalized spacial score (nSPS) is 11.7. The second-order valence-electron chi connectivity index (χ2n) is 8.08. The minimum Gasteiger partial charge on any atom is -0.493 e. The van der Waals surface area contributed by atoms with Gasteiger partial charge in [-0.05, 0) is 23.6 Å². The number of nitrogens with zero attached hydrogens (tertiary/aromatic N) is 2. The molecule has 3 aromatic rings. The quantitative estimate of drug-likeness (QED) is 0.433. The summed E-state index contributed by atoms with van der Waals surface area (Å²) in [6.07, 6.45) is 3.45. The average molecular weight is 486 g/mol. The Bertz CT molecular complexity index is 1130. The van der Waals surface area contributed by atoms with Gasteiger partial charge < -0.3 is 24.1 Å². The van der Waals surface area contributed by atoms with E-state index in [1.165, 1.54) is 19.2 Å². The third-order valence-corrected chi connectivity index (χ3v) is 5.20. The molecule has 0 saturated heterocycles. The zero-order valence-electron chi connectivity index (χ0n) is 19.6. The molecule has 0 aliphatic rings. The van der Waals surface area contributed by atoms with Crippen LogP contribution in [0.4, 0.5) is 0 Å². The molecule has 0 spiro atoms. The van der Waals surface area contributed by atoms with Gasteiger partial charge in [0.1, 0.15) is 11.9 Å². The van der Waals surface area contributed by atoms with Crippen LogP contribution in [0, 0.1) is 5.92 Å². The maximum atomic E-state index is 12.7. The van der Waals surface area contributed by atoms with Gasteiger partial charge in [-0.25, -0.2) is 9.78 Å². The number of carbonyl (C=O) groups is 2. The summed E-state index contributed by atoms with van der Waals surface area (Å²) in [6.45, 7) is 3.98. The van der Waals surface area contributed by atoms with E-state index in [0.717, 1.165) is 5.56 Å². The van der Waals surface area contributed by atoms with Crippen molar-refractivity contribution in [3.05, 3.63) is 76.8 Å². The Balaban J connectivity index is 1.68. The van der Waals surface area contributed by atoms with E-state index in [0.29, 0.717) is 23.9 Å². The highest BCUT2D eigenvalue weighted by Crippen LogP contribution is 2.37. The van der Waals surface area contributed by atoms with E-state index in [4.69, 9.17) is 25.8 Å². The second kappa shape index (κ2) is 11.6. The number of nitrogens with one attached hydrogen (secondary N) is 1. The van der Waals surface area contributed by atoms with Gasteiger partial charge in [0.2, 0.25) is 0 Å². The number of imidazole rings is 1. The zero-order valence-corrected chi connectivity index (χ0v) is 20.3. The lowest BCUT2D eigenvalue weighted by atomic mass is 10.1. The molecule has 9 heteroatoms. The van der Waals surface area contributed by atoms with Gasteiger partial charge in [0.25, 0.3) is 5.91 Å². The Hall–Kier alpha value is -3.52. The number of hydrogen-bond acceptors (Lipinski definition) is 6. The Morgan fingerprint density at radius 1 is 1.18 bits per heavy atom. The van der Waals surface area contributed by atoms with Gasteiger partial charge in [0, 0.05) is 19.4 Å². The number of esters is 1. The van der Waals surface area contributed by atoms with E-state index in [1.807, 2.05) is 55.8 Å². The lowest BCUT2D eigenvalue weighted by Crippen LogP contribution is -2.34. The topological polar surface area (TPSA) is 91.7 Å². The van der Waals surface area contributed by atoms with Crippen LogP contribution >= 0.6 is 11.6 Å². The highest BCUT2D eigenvalue weighted by atomic mass is 35.5. The van der Waals surface area contributed by atoms with E-state index < -0.39 is 24.5 Å². The van der Waals surface area contributed by atoms with Crippen LogP contribution in [0.1, 0.15) is 41.6 Å². The van der Waals surface area contributed by atoms with E-state index >= 15 is 0 Å². The van der Waals surface area contributed by atoms with Crippen molar-refractivity contribution in [1.29, 1.82) is 0 Å². The van der Waals surface area contributed by atoms with E-state index in [2.05, 4.69) is 10.3 Å². The molecule has 0 aliphatic heterocycles. The molecular weight excluding hydrogens is 458 g/mol. The Labute approximate surface area is 203 Å². The molecule has 1 N–H and O–H groups in total. The first-order chi connectivity index (χ1) is 16.3. The van der Waals surface area contributed by atoms with Crippen molar-refractivity contribution in [2.24, 2.45) is 13.0 Å². The Morgan fingerprint density at radius 3 is 2.53 bits per heavy atom. The van der Waals surface area contributed by atoms with Crippen molar-refractivity contribution in [2.75, 3.05) is 20.3 Å². The third-order valence-electron chi connectivity index (χ3n) is 4.92. The molecule has 0 fully saturated rings. The summed E-state index contributed by atoms with van der Waals surface area (Å²) in [5.74, 6) is 0.421. The van der Waals surface area contributed by atoms with Crippen molar-refractivity contribution < 1.29 is 23.8 Å². The third kappa shape index (κ3) is 6.29. The monoisotopic (exact) mass is 485 g/mol. The predicted octanol–water partition coefficient (Wildman–Crippen LogP) is 4.18. The summed E-state index contributed by atoms with van der Waals surface area (Å²) in [6, 6.07) is 11.8. The number of benzene rings is 2.